The highest BCUT2D eigenvalue weighted by Crippen LogP contribution is 2.20. The van der Waals surface area contributed by atoms with Crippen LogP contribution in [-0.2, 0) is 0 Å². The highest BCUT2D eigenvalue weighted by Gasteiger charge is 2.19. The normalized spacial score (nSPS) is 12.2. The van der Waals surface area contributed by atoms with Crippen LogP contribution in [0, 0.1) is 0 Å². The molecule has 1 aromatic carbocycles. The van der Waals surface area contributed by atoms with Crippen LogP contribution in [0.4, 0.5) is 0 Å². The van der Waals surface area contributed by atoms with Gasteiger partial charge in [-0.05, 0) is 24.3 Å². The first-order valence-electron chi connectivity index (χ1n) is 6.22. The average molecular weight is 266 g/mol. The zero-order chi connectivity index (χ0) is 13.8. The molecule has 6 nitrogen and oxygen atoms in total. The lowest BCUT2D eigenvalue weighted by Crippen LogP contribution is -2.31. The number of nitrogens with zero attached hydrogens (tertiary/aromatic N) is 4. The van der Waals surface area contributed by atoms with Gasteiger partial charge in [-0.1, -0.05) is 18.2 Å². The highest BCUT2D eigenvalue weighted by atomic mass is 15.3. The Bertz CT molecular complexity index is 664. The molecule has 0 spiro atoms. The lowest BCUT2D eigenvalue weighted by molar-refractivity contribution is 0.568. The Morgan fingerprint density at radius 3 is 2.40 bits per heavy atom. The summed E-state index contributed by atoms with van der Waals surface area (Å²) in [4.78, 5) is 8.49. The third-order valence-electron chi connectivity index (χ3n) is 2.98. The van der Waals surface area contributed by atoms with Crippen LogP contribution in [0.5, 0.6) is 0 Å². The van der Waals surface area contributed by atoms with E-state index < -0.39 is 0 Å². The summed E-state index contributed by atoms with van der Waals surface area (Å²) in [6.07, 6.45) is 5.11. The largest absolute Gasteiger partial charge is 0.270 e. The lowest BCUT2D eigenvalue weighted by Gasteiger charge is -2.16. The number of hydrazine groups is 1. The van der Waals surface area contributed by atoms with E-state index in [9.17, 15) is 0 Å². The molecular formula is C14H14N6. The van der Waals surface area contributed by atoms with Crippen LogP contribution < -0.4 is 11.3 Å². The molecule has 20 heavy (non-hydrogen) atoms. The van der Waals surface area contributed by atoms with E-state index in [4.69, 9.17) is 5.84 Å². The Hall–Kier alpha value is -2.57. The summed E-state index contributed by atoms with van der Waals surface area (Å²) in [5.74, 6) is 6.28. The number of para-hydroxylation sites is 1. The van der Waals surface area contributed by atoms with Gasteiger partial charge in [-0.2, -0.15) is 5.10 Å². The molecule has 0 bridgehead atoms. The second kappa shape index (κ2) is 5.60. The van der Waals surface area contributed by atoms with Crippen LogP contribution in [0.3, 0.4) is 0 Å². The Kier molecular flexibility index (Phi) is 3.49. The molecule has 0 amide bonds. The summed E-state index contributed by atoms with van der Waals surface area (Å²) in [7, 11) is 0. The first-order chi connectivity index (χ1) is 9.90. The second-order valence-electron chi connectivity index (χ2n) is 4.21. The fourth-order valence-corrected chi connectivity index (χ4v) is 2.07. The number of rotatable bonds is 4. The van der Waals surface area contributed by atoms with Crippen LogP contribution in [0.1, 0.15) is 17.6 Å². The van der Waals surface area contributed by atoms with Crippen molar-refractivity contribution in [1.29, 1.82) is 0 Å². The van der Waals surface area contributed by atoms with Crippen molar-refractivity contribution in [3.8, 4) is 5.69 Å². The summed E-state index contributed by atoms with van der Waals surface area (Å²) in [5, 5.41) is 4.35. The van der Waals surface area contributed by atoms with Crippen LogP contribution in [-0.4, -0.2) is 19.7 Å². The van der Waals surface area contributed by atoms with E-state index in [0.29, 0.717) is 5.82 Å². The zero-order valence-electron chi connectivity index (χ0n) is 10.7. The average Bonchev–Trinajstić information content (AvgIpc) is 2.99. The van der Waals surface area contributed by atoms with Gasteiger partial charge in [0.1, 0.15) is 6.04 Å². The fourth-order valence-electron chi connectivity index (χ4n) is 2.07. The van der Waals surface area contributed by atoms with E-state index in [0.717, 1.165) is 11.4 Å². The molecule has 2 heterocycles. The summed E-state index contributed by atoms with van der Waals surface area (Å²) in [6.45, 7) is 0. The molecule has 0 aliphatic carbocycles. The molecule has 0 aliphatic rings. The molecular weight excluding hydrogens is 252 g/mol. The first kappa shape index (κ1) is 12.5. The maximum Gasteiger partial charge on any atom is 0.152 e. The van der Waals surface area contributed by atoms with Gasteiger partial charge in [0.15, 0.2) is 5.82 Å². The van der Waals surface area contributed by atoms with Crippen LogP contribution in [0.25, 0.3) is 5.69 Å². The van der Waals surface area contributed by atoms with E-state index in [2.05, 4.69) is 20.5 Å². The van der Waals surface area contributed by atoms with E-state index in [1.165, 1.54) is 0 Å². The van der Waals surface area contributed by atoms with Gasteiger partial charge in [-0.25, -0.2) is 20.1 Å². The molecule has 0 aliphatic heterocycles. The van der Waals surface area contributed by atoms with Gasteiger partial charge in [-0.15, -0.1) is 0 Å². The molecule has 3 rings (SSSR count). The Balaban J connectivity index is 2.04. The van der Waals surface area contributed by atoms with Crippen molar-refractivity contribution in [3.63, 3.8) is 0 Å². The topological polar surface area (TPSA) is 81.7 Å². The summed E-state index contributed by atoms with van der Waals surface area (Å²) in [6, 6.07) is 13.2. The smallest absolute Gasteiger partial charge is 0.152 e. The quantitative estimate of drug-likeness (QED) is 0.548. The first-order valence-corrected chi connectivity index (χ1v) is 6.22. The Morgan fingerprint density at radius 1 is 0.950 bits per heavy atom. The van der Waals surface area contributed by atoms with Gasteiger partial charge in [0.25, 0.3) is 0 Å². The third kappa shape index (κ3) is 2.29. The number of benzene rings is 1. The SMILES string of the molecule is NNC(c1ncccn1)c1ccnn1-c1ccccc1. The molecule has 1 unspecified atom stereocenters. The molecule has 0 radical (unpaired) electrons. The molecule has 0 saturated heterocycles. The van der Waals surface area contributed by atoms with Gasteiger partial charge < -0.3 is 0 Å². The van der Waals surface area contributed by atoms with E-state index in [1.807, 2.05) is 41.1 Å². The van der Waals surface area contributed by atoms with Crippen LogP contribution >= 0.6 is 0 Å². The van der Waals surface area contributed by atoms with E-state index >= 15 is 0 Å². The van der Waals surface area contributed by atoms with Gasteiger partial charge in [0.2, 0.25) is 0 Å². The minimum Gasteiger partial charge on any atom is -0.270 e. The van der Waals surface area contributed by atoms with Crippen molar-refractivity contribution in [2.75, 3.05) is 0 Å². The molecule has 0 saturated carbocycles. The number of nitrogens with one attached hydrogen (secondary N) is 1. The van der Waals surface area contributed by atoms with Crippen molar-refractivity contribution in [2.45, 2.75) is 6.04 Å². The van der Waals surface area contributed by atoms with Crippen molar-refractivity contribution in [3.05, 3.63) is 72.6 Å². The Morgan fingerprint density at radius 2 is 1.70 bits per heavy atom. The van der Waals surface area contributed by atoms with Gasteiger partial charge in [0, 0.05) is 18.6 Å². The van der Waals surface area contributed by atoms with Crippen molar-refractivity contribution in [1.82, 2.24) is 25.2 Å². The fraction of sp³-hybridized carbons (Fsp3) is 0.0714. The zero-order valence-corrected chi connectivity index (χ0v) is 10.7. The molecule has 1 atom stereocenters. The molecule has 6 heteroatoms. The Labute approximate surface area is 116 Å². The summed E-state index contributed by atoms with van der Waals surface area (Å²) in [5.41, 5.74) is 4.59. The minimum atomic E-state index is -0.320. The standard InChI is InChI=1S/C14H14N6/c15-19-13(14-16-8-4-9-17-14)12-7-10-18-20(12)11-5-2-1-3-6-11/h1-10,13,19H,15H2. The molecule has 100 valence electrons. The third-order valence-corrected chi connectivity index (χ3v) is 2.98. The maximum atomic E-state index is 5.67. The molecule has 3 N–H and O–H groups in total. The van der Waals surface area contributed by atoms with Gasteiger partial charge >= 0.3 is 0 Å². The summed E-state index contributed by atoms with van der Waals surface area (Å²) >= 11 is 0. The molecule has 3 aromatic rings. The van der Waals surface area contributed by atoms with Crippen molar-refractivity contribution in [2.24, 2.45) is 5.84 Å². The lowest BCUT2D eigenvalue weighted by atomic mass is 10.2. The number of hydrogen-bond donors (Lipinski definition) is 2. The van der Waals surface area contributed by atoms with Crippen molar-refractivity contribution >= 4 is 0 Å². The predicted octanol–water partition coefficient (Wildman–Crippen LogP) is 1.21. The monoisotopic (exact) mass is 266 g/mol. The summed E-state index contributed by atoms with van der Waals surface area (Å²) < 4.78 is 1.82. The van der Waals surface area contributed by atoms with Gasteiger partial charge in [-0.3, -0.25) is 5.84 Å². The second-order valence-corrected chi connectivity index (χ2v) is 4.21. The predicted molar refractivity (Wildman–Crippen MR) is 74.8 cm³/mol. The van der Waals surface area contributed by atoms with E-state index in [-0.39, 0.29) is 6.04 Å². The maximum absolute atomic E-state index is 5.67. The van der Waals surface area contributed by atoms with Gasteiger partial charge in [0.05, 0.1) is 11.4 Å². The highest BCUT2D eigenvalue weighted by molar-refractivity contribution is 5.34. The molecule has 0 fully saturated rings. The minimum absolute atomic E-state index is 0.320. The van der Waals surface area contributed by atoms with E-state index in [1.54, 1.807) is 24.7 Å². The molecule has 2 aromatic heterocycles. The number of nitrogens with two attached hydrogens (primary N) is 1. The number of aromatic nitrogens is 4. The number of hydrogen-bond acceptors (Lipinski definition) is 5. The van der Waals surface area contributed by atoms with Crippen LogP contribution in [0.15, 0.2) is 61.1 Å². The van der Waals surface area contributed by atoms with Crippen molar-refractivity contribution < 1.29 is 0 Å². The van der Waals surface area contributed by atoms with Crippen LogP contribution in [0.2, 0.25) is 0 Å².